The highest BCUT2D eigenvalue weighted by atomic mass is 16.6. The van der Waals surface area contributed by atoms with Crippen molar-refractivity contribution in [1.29, 1.82) is 0 Å². The number of anilines is 1. The van der Waals surface area contributed by atoms with Gasteiger partial charge in [-0.25, -0.2) is 0 Å². The molecule has 3 fully saturated rings. The summed E-state index contributed by atoms with van der Waals surface area (Å²) in [5.41, 5.74) is 0.781. The van der Waals surface area contributed by atoms with Crippen molar-refractivity contribution >= 4 is 11.6 Å². The van der Waals surface area contributed by atoms with E-state index in [1.54, 1.807) is 0 Å². The molecule has 0 radical (unpaired) electrons. The average molecular weight is 304 g/mol. The van der Waals surface area contributed by atoms with Crippen LogP contribution in [-0.2, 0) is 4.79 Å². The van der Waals surface area contributed by atoms with Crippen LogP contribution in [0.1, 0.15) is 0 Å². The second kappa shape index (κ2) is 5.44. The maximum Gasteiger partial charge on any atom is 0.279 e. The number of rotatable bonds is 3. The minimum atomic E-state index is 0.0898. The Morgan fingerprint density at radius 3 is 2.50 bits per heavy atom. The van der Waals surface area contributed by atoms with Crippen LogP contribution >= 0.6 is 0 Å². The number of hydrogen-bond donors (Lipinski definition) is 1. The van der Waals surface area contributed by atoms with Crippen LogP contribution in [0.15, 0.2) is 18.2 Å². The highest BCUT2D eigenvalue weighted by Gasteiger charge is 2.39. The van der Waals surface area contributed by atoms with Gasteiger partial charge in [-0.1, -0.05) is 0 Å². The predicted octanol–water partition coefficient (Wildman–Crippen LogP) is 0.542. The molecule has 0 unspecified atom stereocenters. The van der Waals surface area contributed by atoms with Gasteiger partial charge in [0.15, 0.2) is 18.0 Å². The number of nitrogens with zero attached hydrogens (tertiary/aromatic N) is 2. The predicted molar refractivity (Wildman–Crippen MR) is 82.2 cm³/mol. The van der Waals surface area contributed by atoms with Gasteiger partial charge < -0.3 is 19.3 Å². The second-order valence-corrected chi connectivity index (χ2v) is 6.42. The van der Waals surface area contributed by atoms with Crippen LogP contribution in [0.25, 0.3) is 0 Å². The minimum absolute atomic E-state index is 0.0898. The standard InChI is InChI=1S/C16H21N3O3/c20-16(12-19-6-3-18(4-7-19)5-8-19)17-13-1-2-14-15(11-13)22-10-9-21-14/h1-2,11H,3-10,12H2/p+1. The summed E-state index contributed by atoms with van der Waals surface area (Å²) in [5, 5.41) is 3.01. The van der Waals surface area contributed by atoms with E-state index in [0.29, 0.717) is 25.5 Å². The molecule has 4 aliphatic rings. The van der Waals surface area contributed by atoms with Crippen molar-refractivity contribution in [3.63, 3.8) is 0 Å². The van der Waals surface area contributed by atoms with Crippen LogP contribution in [0, 0.1) is 0 Å². The minimum Gasteiger partial charge on any atom is -0.486 e. The van der Waals surface area contributed by atoms with Gasteiger partial charge in [0.1, 0.15) is 13.2 Å². The number of piperazine rings is 3. The molecule has 2 bridgehead atoms. The Bertz CT molecular complexity index is 568. The molecule has 1 N–H and O–H groups in total. The van der Waals surface area contributed by atoms with Crippen molar-refractivity contribution in [2.75, 3.05) is 64.3 Å². The normalized spacial score (nSPS) is 29.2. The van der Waals surface area contributed by atoms with Gasteiger partial charge in [-0.15, -0.1) is 0 Å². The van der Waals surface area contributed by atoms with E-state index in [1.807, 2.05) is 18.2 Å². The Morgan fingerprint density at radius 1 is 1.09 bits per heavy atom. The van der Waals surface area contributed by atoms with Crippen molar-refractivity contribution in [3.8, 4) is 11.5 Å². The summed E-state index contributed by atoms with van der Waals surface area (Å²) in [6.07, 6.45) is 0. The van der Waals surface area contributed by atoms with Crippen LogP contribution in [-0.4, -0.2) is 74.3 Å². The second-order valence-electron chi connectivity index (χ2n) is 6.42. The summed E-state index contributed by atoms with van der Waals surface area (Å²) in [7, 11) is 0. The van der Waals surface area contributed by atoms with Gasteiger partial charge in [0.2, 0.25) is 0 Å². The SMILES string of the molecule is O=C(C[N+]12CCN(CC1)CC2)Nc1ccc2c(c1)OCCO2. The van der Waals surface area contributed by atoms with Crippen molar-refractivity contribution in [2.24, 2.45) is 0 Å². The van der Waals surface area contributed by atoms with Gasteiger partial charge >= 0.3 is 0 Å². The third-order valence-corrected chi connectivity index (χ3v) is 4.98. The fourth-order valence-corrected chi connectivity index (χ4v) is 3.59. The number of hydrogen-bond acceptors (Lipinski definition) is 4. The lowest BCUT2D eigenvalue weighted by Gasteiger charge is -2.50. The maximum absolute atomic E-state index is 12.4. The first-order valence-electron chi connectivity index (χ1n) is 7.99. The number of benzene rings is 1. The number of quaternary nitrogens is 1. The number of amides is 1. The molecule has 22 heavy (non-hydrogen) atoms. The van der Waals surface area contributed by atoms with Gasteiger partial charge in [0.25, 0.3) is 5.91 Å². The molecule has 1 aromatic rings. The molecule has 4 heterocycles. The molecular formula is C16H22N3O3+. The fourth-order valence-electron chi connectivity index (χ4n) is 3.59. The zero-order valence-electron chi connectivity index (χ0n) is 12.7. The van der Waals surface area contributed by atoms with Crippen molar-refractivity contribution < 1.29 is 18.8 Å². The lowest BCUT2D eigenvalue weighted by Crippen LogP contribution is -2.68. The Labute approximate surface area is 130 Å². The first-order chi connectivity index (χ1) is 10.7. The molecule has 0 saturated carbocycles. The van der Waals surface area contributed by atoms with E-state index in [1.165, 1.54) is 0 Å². The first kappa shape index (κ1) is 13.8. The molecule has 4 aliphatic heterocycles. The van der Waals surface area contributed by atoms with Gasteiger partial charge in [-0.2, -0.15) is 0 Å². The Hall–Kier alpha value is -1.79. The molecule has 0 aromatic heterocycles. The average Bonchev–Trinajstić information content (AvgIpc) is 2.56. The quantitative estimate of drug-likeness (QED) is 0.828. The molecule has 3 saturated heterocycles. The number of carbonyl (C=O) groups is 1. The van der Waals surface area contributed by atoms with Gasteiger partial charge in [-0.05, 0) is 12.1 Å². The topological polar surface area (TPSA) is 50.8 Å². The fraction of sp³-hybridized carbons (Fsp3) is 0.562. The molecule has 118 valence electrons. The summed E-state index contributed by atoms with van der Waals surface area (Å²) >= 11 is 0. The molecule has 0 spiro atoms. The van der Waals surface area contributed by atoms with Gasteiger partial charge in [0, 0.05) is 31.4 Å². The number of nitrogens with one attached hydrogen (secondary N) is 1. The number of ether oxygens (including phenoxy) is 2. The summed E-state index contributed by atoms with van der Waals surface area (Å²) in [5.74, 6) is 1.55. The molecule has 1 aromatic carbocycles. The zero-order chi connectivity index (χ0) is 15.0. The molecule has 1 amide bonds. The summed E-state index contributed by atoms with van der Waals surface area (Å²) in [6, 6.07) is 5.58. The largest absolute Gasteiger partial charge is 0.486 e. The van der Waals surface area contributed by atoms with Gasteiger partial charge in [-0.3, -0.25) is 9.69 Å². The Morgan fingerprint density at radius 2 is 1.77 bits per heavy atom. The number of carbonyl (C=O) groups excluding carboxylic acids is 1. The molecular weight excluding hydrogens is 282 g/mol. The number of fused-ring (bicyclic) bond motifs is 4. The van der Waals surface area contributed by atoms with Crippen molar-refractivity contribution in [3.05, 3.63) is 18.2 Å². The van der Waals surface area contributed by atoms with Crippen molar-refractivity contribution in [2.45, 2.75) is 0 Å². The highest BCUT2D eigenvalue weighted by Crippen LogP contribution is 2.32. The molecule has 0 atom stereocenters. The van der Waals surface area contributed by atoms with Crippen LogP contribution in [0.3, 0.4) is 0 Å². The third kappa shape index (κ3) is 2.64. The lowest BCUT2D eigenvalue weighted by atomic mass is 10.1. The van der Waals surface area contributed by atoms with E-state index in [4.69, 9.17) is 9.47 Å². The molecule has 6 nitrogen and oxygen atoms in total. The Balaban J connectivity index is 1.41. The summed E-state index contributed by atoms with van der Waals surface area (Å²) in [4.78, 5) is 14.9. The van der Waals surface area contributed by atoms with E-state index < -0.39 is 0 Å². The molecule has 0 aliphatic carbocycles. The Kier molecular flexibility index (Phi) is 3.43. The van der Waals surface area contributed by atoms with Crippen LogP contribution < -0.4 is 14.8 Å². The van der Waals surface area contributed by atoms with E-state index in [-0.39, 0.29) is 5.91 Å². The van der Waals surface area contributed by atoms with E-state index in [9.17, 15) is 4.79 Å². The summed E-state index contributed by atoms with van der Waals surface area (Å²) in [6.45, 7) is 8.35. The van der Waals surface area contributed by atoms with E-state index >= 15 is 0 Å². The first-order valence-corrected chi connectivity index (χ1v) is 7.99. The van der Waals surface area contributed by atoms with Gasteiger partial charge in [0.05, 0.1) is 19.6 Å². The maximum atomic E-state index is 12.4. The van der Waals surface area contributed by atoms with Crippen LogP contribution in [0.5, 0.6) is 11.5 Å². The smallest absolute Gasteiger partial charge is 0.279 e. The van der Waals surface area contributed by atoms with Crippen LogP contribution in [0.2, 0.25) is 0 Å². The summed E-state index contributed by atoms with van der Waals surface area (Å²) < 4.78 is 12.0. The zero-order valence-corrected chi connectivity index (χ0v) is 12.7. The molecule has 6 heteroatoms. The van der Waals surface area contributed by atoms with E-state index in [0.717, 1.165) is 55.2 Å². The highest BCUT2D eigenvalue weighted by molar-refractivity contribution is 5.92. The lowest BCUT2D eigenvalue weighted by molar-refractivity contribution is -0.933. The molecule has 5 rings (SSSR count). The third-order valence-electron chi connectivity index (χ3n) is 4.98. The van der Waals surface area contributed by atoms with E-state index in [2.05, 4.69) is 10.2 Å². The van der Waals surface area contributed by atoms with Crippen LogP contribution in [0.4, 0.5) is 5.69 Å². The monoisotopic (exact) mass is 304 g/mol. The van der Waals surface area contributed by atoms with Crippen molar-refractivity contribution in [1.82, 2.24) is 4.90 Å².